The number of aryl methyl sites for hydroxylation is 1. The minimum absolute atomic E-state index is 0.0267. The third-order valence-electron chi connectivity index (χ3n) is 5.76. The molecule has 0 saturated heterocycles. The molecule has 138 valence electrons. The van der Waals surface area contributed by atoms with E-state index in [2.05, 4.69) is 48.4 Å². The van der Waals surface area contributed by atoms with E-state index >= 15 is 0 Å². The van der Waals surface area contributed by atoms with Crippen LogP contribution in [0, 0.1) is 17.8 Å². The molecule has 3 aromatic heterocycles. The molecule has 1 saturated carbocycles. The number of hydrogen-bond donors (Lipinski definition) is 3. The lowest BCUT2D eigenvalue weighted by atomic mass is 9.88. The molecule has 0 aliphatic heterocycles. The van der Waals surface area contributed by atoms with Gasteiger partial charge in [0.15, 0.2) is 11.5 Å². The van der Waals surface area contributed by atoms with Crippen molar-refractivity contribution in [1.29, 1.82) is 0 Å². The Morgan fingerprint density at radius 3 is 2.96 bits per heavy atom. The van der Waals surface area contributed by atoms with Gasteiger partial charge in [0.1, 0.15) is 5.52 Å². The third kappa shape index (κ3) is 2.50. The Kier molecular flexibility index (Phi) is 3.65. The molecular weight excluding hydrogens is 408 g/mol. The molecule has 0 spiro atoms. The minimum atomic E-state index is -0.250. The second kappa shape index (κ2) is 5.95. The van der Waals surface area contributed by atoms with Gasteiger partial charge in [0, 0.05) is 25.5 Å². The fourth-order valence-electron chi connectivity index (χ4n) is 4.48. The predicted molar refractivity (Wildman–Crippen MR) is 107 cm³/mol. The topological polar surface area (TPSA) is 102 Å². The van der Waals surface area contributed by atoms with Gasteiger partial charge in [-0.05, 0) is 46.3 Å². The van der Waals surface area contributed by atoms with E-state index in [9.17, 15) is 4.79 Å². The van der Waals surface area contributed by atoms with Crippen LogP contribution in [0.25, 0.3) is 22.7 Å². The standard InChI is InChI=1S/C19H19BrN6O/c1-26-6-2-3-12(26)18-24-16-15(11(20)8-22-19(16)25-18)23-14-10-5-4-9(7-10)13(14)17(21)27/h2-6,8-10,13-14H,7H2,1H3,(H2,21,27)(H2,22,23,24,25). The number of carbonyl (C=O) groups excluding carboxylic acids is 1. The summed E-state index contributed by atoms with van der Waals surface area (Å²) in [5, 5.41) is 3.57. The van der Waals surface area contributed by atoms with Gasteiger partial charge in [-0.2, -0.15) is 0 Å². The van der Waals surface area contributed by atoms with Gasteiger partial charge >= 0.3 is 0 Å². The number of allylic oxidation sites excluding steroid dienone is 1. The van der Waals surface area contributed by atoms with Crippen LogP contribution in [-0.4, -0.2) is 31.5 Å². The van der Waals surface area contributed by atoms with Gasteiger partial charge in [-0.25, -0.2) is 9.97 Å². The maximum atomic E-state index is 12.0. The molecule has 2 bridgehead atoms. The van der Waals surface area contributed by atoms with Gasteiger partial charge < -0.3 is 20.6 Å². The summed E-state index contributed by atoms with van der Waals surface area (Å²) < 4.78 is 2.83. The second-order valence-corrected chi connectivity index (χ2v) is 8.17. The molecule has 27 heavy (non-hydrogen) atoms. The van der Waals surface area contributed by atoms with Gasteiger partial charge in [0.25, 0.3) is 0 Å². The highest BCUT2D eigenvalue weighted by molar-refractivity contribution is 9.10. The van der Waals surface area contributed by atoms with Crippen LogP contribution in [0.5, 0.6) is 0 Å². The summed E-state index contributed by atoms with van der Waals surface area (Å²) in [7, 11) is 1.98. The zero-order chi connectivity index (χ0) is 18.7. The van der Waals surface area contributed by atoms with Gasteiger partial charge in [-0.1, -0.05) is 12.2 Å². The van der Waals surface area contributed by atoms with E-state index in [0.717, 1.165) is 33.6 Å². The highest BCUT2D eigenvalue weighted by atomic mass is 79.9. The van der Waals surface area contributed by atoms with Crippen LogP contribution in [0.4, 0.5) is 5.69 Å². The summed E-state index contributed by atoms with van der Waals surface area (Å²) in [6.07, 6.45) is 9.00. The van der Waals surface area contributed by atoms with Crippen molar-refractivity contribution in [2.45, 2.75) is 12.5 Å². The average molecular weight is 427 g/mol. The smallest absolute Gasteiger partial charge is 0.223 e. The number of hydrogen-bond acceptors (Lipinski definition) is 4. The van der Waals surface area contributed by atoms with Crippen LogP contribution in [-0.2, 0) is 11.8 Å². The molecular formula is C19H19BrN6O. The molecule has 0 radical (unpaired) electrons. The number of amides is 1. The van der Waals surface area contributed by atoms with E-state index in [1.165, 1.54) is 0 Å². The van der Waals surface area contributed by atoms with Crippen LogP contribution < -0.4 is 11.1 Å². The van der Waals surface area contributed by atoms with Crippen LogP contribution in [0.2, 0.25) is 0 Å². The van der Waals surface area contributed by atoms with Crippen molar-refractivity contribution < 1.29 is 4.79 Å². The molecule has 4 unspecified atom stereocenters. The number of nitrogens with one attached hydrogen (secondary N) is 2. The first kappa shape index (κ1) is 16.6. The number of anilines is 1. The zero-order valence-corrected chi connectivity index (χ0v) is 16.3. The van der Waals surface area contributed by atoms with Gasteiger partial charge in [-0.15, -0.1) is 0 Å². The highest BCUT2D eigenvalue weighted by Crippen LogP contribution is 2.46. The van der Waals surface area contributed by atoms with E-state index in [4.69, 9.17) is 5.73 Å². The average Bonchev–Trinajstić information content (AvgIpc) is 3.39. The lowest BCUT2D eigenvalue weighted by molar-refractivity contribution is -0.122. The normalized spacial score (nSPS) is 26.1. The molecule has 5 rings (SSSR count). The first-order valence-electron chi connectivity index (χ1n) is 8.93. The Balaban J connectivity index is 1.58. The number of nitrogens with zero attached hydrogens (tertiary/aromatic N) is 3. The Bertz CT molecular complexity index is 1080. The largest absolute Gasteiger partial charge is 0.378 e. The molecule has 1 amide bonds. The molecule has 7 nitrogen and oxygen atoms in total. The number of pyridine rings is 1. The molecule has 2 aliphatic carbocycles. The maximum Gasteiger partial charge on any atom is 0.223 e. The number of nitrogens with two attached hydrogens (primary N) is 1. The molecule has 4 N–H and O–H groups in total. The van der Waals surface area contributed by atoms with Gasteiger partial charge in [0.2, 0.25) is 5.91 Å². The van der Waals surface area contributed by atoms with Gasteiger partial charge in [0.05, 0.1) is 21.8 Å². The SMILES string of the molecule is Cn1cccc1-c1nc2ncc(Br)c(NC3C4C=CC(C4)C3C(N)=O)c2[nH]1. The number of halogens is 1. The molecule has 8 heteroatoms. The van der Waals surface area contributed by atoms with Crippen molar-refractivity contribution in [3.63, 3.8) is 0 Å². The molecule has 4 atom stereocenters. The Morgan fingerprint density at radius 1 is 1.41 bits per heavy atom. The number of aromatic amines is 1. The summed E-state index contributed by atoms with van der Waals surface area (Å²) in [5.41, 5.74) is 9.00. The van der Waals surface area contributed by atoms with Crippen molar-refractivity contribution in [2.75, 3.05) is 5.32 Å². The molecule has 3 heterocycles. The quantitative estimate of drug-likeness (QED) is 0.558. The van der Waals surface area contributed by atoms with E-state index < -0.39 is 0 Å². The second-order valence-electron chi connectivity index (χ2n) is 7.32. The van der Waals surface area contributed by atoms with E-state index in [0.29, 0.717) is 11.6 Å². The van der Waals surface area contributed by atoms with E-state index in [1.807, 2.05) is 29.9 Å². The van der Waals surface area contributed by atoms with Crippen LogP contribution >= 0.6 is 15.9 Å². The van der Waals surface area contributed by atoms with Gasteiger partial charge in [-0.3, -0.25) is 4.79 Å². The Morgan fingerprint density at radius 2 is 2.22 bits per heavy atom. The van der Waals surface area contributed by atoms with Crippen LogP contribution in [0.3, 0.4) is 0 Å². The Labute approximate surface area is 164 Å². The van der Waals surface area contributed by atoms with Crippen LogP contribution in [0.1, 0.15) is 6.42 Å². The molecule has 0 aromatic carbocycles. The molecule has 1 fully saturated rings. The van der Waals surface area contributed by atoms with Crippen LogP contribution in [0.15, 0.2) is 41.2 Å². The summed E-state index contributed by atoms with van der Waals surface area (Å²) in [5.74, 6) is 0.829. The fraction of sp³-hybridized carbons (Fsp3) is 0.316. The minimum Gasteiger partial charge on any atom is -0.378 e. The van der Waals surface area contributed by atoms with E-state index in [-0.39, 0.29) is 23.8 Å². The number of aromatic nitrogens is 4. The first-order chi connectivity index (χ1) is 13.0. The molecule has 3 aromatic rings. The number of fused-ring (bicyclic) bond motifs is 3. The summed E-state index contributed by atoms with van der Waals surface area (Å²) in [4.78, 5) is 24.5. The number of rotatable bonds is 4. The fourth-order valence-corrected chi connectivity index (χ4v) is 4.89. The third-order valence-corrected chi connectivity index (χ3v) is 6.36. The lowest BCUT2D eigenvalue weighted by Crippen LogP contribution is -2.41. The van der Waals surface area contributed by atoms with Crippen molar-refractivity contribution in [3.05, 3.63) is 41.2 Å². The molecule has 2 aliphatic rings. The number of imidazole rings is 1. The van der Waals surface area contributed by atoms with Crippen molar-refractivity contribution in [1.82, 2.24) is 19.5 Å². The van der Waals surface area contributed by atoms with Crippen molar-refractivity contribution in [2.24, 2.45) is 30.5 Å². The predicted octanol–water partition coefficient (Wildman–Crippen LogP) is 2.81. The summed E-state index contributed by atoms with van der Waals surface area (Å²) >= 11 is 3.60. The monoisotopic (exact) mass is 426 g/mol. The highest BCUT2D eigenvalue weighted by Gasteiger charge is 2.47. The summed E-state index contributed by atoms with van der Waals surface area (Å²) in [6, 6.07) is 3.95. The number of primary amides is 1. The van der Waals surface area contributed by atoms with E-state index in [1.54, 1.807) is 6.20 Å². The summed E-state index contributed by atoms with van der Waals surface area (Å²) in [6.45, 7) is 0. The maximum absolute atomic E-state index is 12.0. The van der Waals surface area contributed by atoms with Crippen molar-refractivity contribution in [3.8, 4) is 11.5 Å². The Hall–Kier alpha value is -2.61. The zero-order valence-electron chi connectivity index (χ0n) is 14.7. The lowest BCUT2D eigenvalue weighted by Gasteiger charge is -2.28. The first-order valence-corrected chi connectivity index (χ1v) is 9.72. The number of H-pyrrole nitrogens is 1. The van der Waals surface area contributed by atoms with Crippen molar-refractivity contribution >= 4 is 38.7 Å². The number of carbonyl (C=O) groups is 1.